The lowest BCUT2D eigenvalue weighted by atomic mass is 9.68. The van der Waals surface area contributed by atoms with Crippen LogP contribution < -0.4 is 0 Å². The Hall–Kier alpha value is -0.200. The fourth-order valence-electron chi connectivity index (χ4n) is 3.86. The van der Waals surface area contributed by atoms with E-state index in [-0.39, 0.29) is 13.0 Å². The van der Waals surface area contributed by atoms with E-state index in [1.807, 2.05) is 0 Å². The number of rotatable bonds is 3. The van der Waals surface area contributed by atoms with E-state index in [0.29, 0.717) is 5.25 Å². The average Bonchev–Trinajstić information content (AvgIpc) is 2.40. The largest absolute Gasteiger partial charge is 0.390 e. The minimum Gasteiger partial charge on any atom is -0.390 e. The van der Waals surface area contributed by atoms with Crippen molar-refractivity contribution >= 4 is 11.8 Å². The van der Waals surface area contributed by atoms with Crippen molar-refractivity contribution < 1.29 is 5.11 Å². The number of aliphatic hydroxyl groups is 1. The number of thiocyanates is 1. The third-order valence-electron chi connectivity index (χ3n) is 5.12. The predicted molar refractivity (Wildman–Crippen MR) is 82.9 cm³/mol. The van der Waals surface area contributed by atoms with Crippen LogP contribution in [0.2, 0.25) is 0 Å². The Balaban J connectivity index is 0.00000180. The Morgan fingerprint density at radius 1 is 1.21 bits per heavy atom. The van der Waals surface area contributed by atoms with Crippen LogP contribution in [0, 0.1) is 22.5 Å². The Bertz CT molecular complexity index is 306. The van der Waals surface area contributed by atoms with Gasteiger partial charge in [0.1, 0.15) is 5.40 Å². The first kappa shape index (κ1) is 16.9. The van der Waals surface area contributed by atoms with Gasteiger partial charge in [0.15, 0.2) is 0 Å². The summed E-state index contributed by atoms with van der Waals surface area (Å²) in [7, 11) is 0. The van der Waals surface area contributed by atoms with Crippen LogP contribution in [0.25, 0.3) is 0 Å². The molecule has 0 aromatic carbocycles. The second kappa shape index (κ2) is 7.55. The number of hydrogen-bond donors (Lipinski definition) is 1. The third-order valence-corrected chi connectivity index (χ3v) is 6.03. The first-order valence-electron chi connectivity index (χ1n) is 7.44. The van der Waals surface area contributed by atoms with Crippen LogP contribution in [-0.2, 0) is 0 Å². The number of nitrogens with zero attached hydrogens (tertiary/aromatic N) is 1. The Labute approximate surface area is 123 Å². The van der Waals surface area contributed by atoms with Crippen LogP contribution in [0.3, 0.4) is 0 Å². The fourth-order valence-corrected chi connectivity index (χ4v) is 4.52. The van der Waals surface area contributed by atoms with Crippen molar-refractivity contribution in [2.45, 2.75) is 83.0 Å². The van der Waals surface area contributed by atoms with E-state index in [4.69, 9.17) is 5.26 Å². The zero-order valence-corrected chi connectivity index (χ0v) is 12.2. The van der Waals surface area contributed by atoms with E-state index >= 15 is 0 Å². The molecule has 2 saturated carbocycles. The second-order valence-electron chi connectivity index (χ2n) is 6.18. The van der Waals surface area contributed by atoms with Gasteiger partial charge in [-0.25, -0.2) is 0 Å². The average molecular weight is 283 g/mol. The third kappa shape index (κ3) is 4.39. The molecule has 0 bridgehead atoms. The molecule has 2 atom stereocenters. The molecular weight excluding hydrogens is 254 g/mol. The fraction of sp³-hybridized carbons (Fsp3) is 0.938. The second-order valence-corrected chi connectivity index (χ2v) is 7.27. The summed E-state index contributed by atoms with van der Waals surface area (Å²) in [6, 6.07) is 0. The minimum atomic E-state index is -0.374. The maximum Gasteiger partial charge on any atom is 0.133 e. The highest BCUT2D eigenvalue weighted by atomic mass is 32.2. The van der Waals surface area contributed by atoms with Gasteiger partial charge in [-0.05, 0) is 75.0 Å². The highest BCUT2D eigenvalue weighted by Gasteiger charge is 2.37. The topological polar surface area (TPSA) is 44.0 Å². The monoisotopic (exact) mass is 283 g/mol. The van der Waals surface area contributed by atoms with Crippen molar-refractivity contribution in [2.75, 3.05) is 0 Å². The molecule has 2 aliphatic carbocycles. The quantitative estimate of drug-likeness (QED) is 0.762. The Morgan fingerprint density at radius 2 is 1.89 bits per heavy atom. The van der Waals surface area contributed by atoms with Gasteiger partial charge >= 0.3 is 0 Å². The molecule has 110 valence electrons. The van der Waals surface area contributed by atoms with E-state index < -0.39 is 0 Å². The summed E-state index contributed by atoms with van der Waals surface area (Å²) in [5.74, 6) is 1.54. The van der Waals surface area contributed by atoms with Gasteiger partial charge in [0.05, 0.1) is 5.60 Å². The minimum absolute atomic E-state index is 0. The summed E-state index contributed by atoms with van der Waals surface area (Å²) in [5.41, 5.74) is -0.374. The van der Waals surface area contributed by atoms with Gasteiger partial charge in [-0.15, -0.1) is 0 Å². The molecule has 0 aromatic heterocycles. The SMILES string of the molecule is C.CCC1(O)CCCC(C2CCC(SC#N)CC2)C1. The molecule has 2 nitrogen and oxygen atoms in total. The molecule has 2 aliphatic rings. The number of thioether (sulfide) groups is 1. The lowest BCUT2D eigenvalue weighted by molar-refractivity contribution is -0.0335. The molecule has 0 spiro atoms. The lowest BCUT2D eigenvalue weighted by Crippen LogP contribution is -2.38. The lowest BCUT2D eigenvalue weighted by Gasteiger charge is -2.41. The first-order valence-corrected chi connectivity index (χ1v) is 8.32. The zero-order valence-electron chi connectivity index (χ0n) is 11.4. The van der Waals surface area contributed by atoms with Crippen molar-refractivity contribution in [3.8, 4) is 5.40 Å². The van der Waals surface area contributed by atoms with Crippen LogP contribution in [0.5, 0.6) is 0 Å². The van der Waals surface area contributed by atoms with E-state index in [2.05, 4.69) is 12.3 Å². The van der Waals surface area contributed by atoms with Crippen LogP contribution in [-0.4, -0.2) is 16.0 Å². The van der Waals surface area contributed by atoms with Gasteiger partial charge in [0.25, 0.3) is 0 Å². The van der Waals surface area contributed by atoms with E-state index in [1.165, 1.54) is 50.3 Å². The van der Waals surface area contributed by atoms with Gasteiger partial charge in [0, 0.05) is 5.25 Å². The molecule has 0 aliphatic heterocycles. The van der Waals surface area contributed by atoms with Crippen LogP contribution in [0.4, 0.5) is 0 Å². The molecule has 0 amide bonds. The van der Waals surface area contributed by atoms with Crippen LogP contribution >= 0.6 is 11.8 Å². The summed E-state index contributed by atoms with van der Waals surface area (Å²) < 4.78 is 0. The first-order chi connectivity index (χ1) is 8.67. The molecule has 2 fully saturated rings. The molecule has 0 saturated heterocycles. The molecular formula is C16H29NOS. The Morgan fingerprint density at radius 3 is 2.47 bits per heavy atom. The number of nitriles is 1. The zero-order chi connectivity index (χ0) is 13.0. The van der Waals surface area contributed by atoms with Gasteiger partial charge in [-0.1, -0.05) is 20.8 Å². The van der Waals surface area contributed by atoms with Gasteiger partial charge in [-0.3, -0.25) is 0 Å². The molecule has 1 N–H and O–H groups in total. The van der Waals surface area contributed by atoms with Crippen molar-refractivity contribution in [3.63, 3.8) is 0 Å². The van der Waals surface area contributed by atoms with Crippen molar-refractivity contribution in [3.05, 3.63) is 0 Å². The highest BCUT2D eigenvalue weighted by Crippen LogP contribution is 2.44. The summed E-state index contributed by atoms with van der Waals surface area (Å²) in [5, 5.41) is 22.0. The van der Waals surface area contributed by atoms with Crippen molar-refractivity contribution in [2.24, 2.45) is 11.8 Å². The summed E-state index contributed by atoms with van der Waals surface area (Å²) >= 11 is 1.46. The maximum atomic E-state index is 10.5. The summed E-state index contributed by atoms with van der Waals surface area (Å²) in [6.07, 6.45) is 10.4. The number of hydrogen-bond acceptors (Lipinski definition) is 3. The Kier molecular flexibility index (Phi) is 6.69. The molecule has 0 heterocycles. The normalized spacial score (nSPS) is 39.1. The summed E-state index contributed by atoms with van der Waals surface area (Å²) in [6.45, 7) is 2.11. The van der Waals surface area contributed by atoms with Crippen LogP contribution in [0.1, 0.15) is 72.1 Å². The van der Waals surface area contributed by atoms with E-state index in [0.717, 1.165) is 31.1 Å². The molecule has 19 heavy (non-hydrogen) atoms. The smallest absolute Gasteiger partial charge is 0.133 e. The van der Waals surface area contributed by atoms with Gasteiger partial charge in [-0.2, -0.15) is 5.26 Å². The molecule has 2 rings (SSSR count). The van der Waals surface area contributed by atoms with Crippen molar-refractivity contribution in [1.29, 1.82) is 5.26 Å². The van der Waals surface area contributed by atoms with E-state index in [1.54, 1.807) is 0 Å². The van der Waals surface area contributed by atoms with Crippen molar-refractivity contribution in [1.82, 2.24) is 0 Å². The molecule has 0 radical (unpaired) electrons. The highest BCUT2D eigenvalue weighted by molar-refractivity contribution is 8.04. The molecule has 2 unspecified atom stereocenters. The van der Waals surface area contributed by atoms with Gasteiger partial charge in [0.2, 0.25) is 0 Å². The molecule has 3 heteroatoms. The summed E-state index contributed by atoms with van der Waals surface area (Å²) in [4.78, 5) is 0. The van der Waals surface area contributed by atoms with Gasteiger partial charge < -0.3 is 5.11 Å². The standard InChI is InChI=1S/C15H25NOS.CH4/c1-2-15(17)9-3-4-13(10-15)12-5-7-14(8-6-12)18-11-16;/h12-14,17H,2-10H2,1H3;1H4. The van der Waals surface area contributed by atoms with Crippen LogP contribution in [0.15, 0.2) is 0 Å². The maximum absolute atomic E-state index is 10.5. The predicted octanol–water partition coefficient (Wildman–Crippen LogP) is 4.73. The van der Waals surface area contributed by atoms with E-state index in [9.17, 15) is 5.11 Å². The molecule has 0 aromatic rings.